The number of fused-ring (bicyclic) bond motifs is 1. The van der Waals surface area contributed by atoms with Crippen LogP contribution in [0.25, 0.3) is 10.9 Å². The van der Waals surface area contributed by atoms with Gasteiger partial charge in [-0.3, -0.25) is 4.79 Å². The molecular formula is C18H18N2O3. The summed E-state index contributed by atoms with van der Waals surface area (Å²) < 4.78 is 5.01. The van der Waals surface area contributed by atoms with Crippen molar-refractivity contribution in [2.24, 2.45) is 0 Å². The molecule has 1 heterocycles. The van der Waals surface area contributed by atoms with Crippen molar-refractivity contribution in [1.82, 2.24) is 10.3 Å². The van der Waals surface area contributed by atoms with E-state index in [0.29, 0.717) is 18.7 Å². The van der Waals surface area contributed by atoms with E-state index in [-0.39, 0.29) is 17.2 Å². The SMILES string of the molecule is COc1ccc(C(=O)NCCc2c[nH]c3ccccc23)c(O)c1. The second kappa shape index (κ2) is 6.44. The first-order chi connectivity index (χ1) is 11.2. The van der Waals surface area contributed by atoms with Gasteiger partial charge in [0.25, 0.3) is 5.91 Å². The van der Waals surface area contributed by atoms with Crippen LogP contribution in [0.15, 0.2) is 48.7 Å². The predicted molar refractivity (Wildman–Crippen MR) is 89.0 cm³/mol. The Bertz CT molecular complexity index is 839. The predicted octanol–water partition coefficient (Wildman–Crippen LogP) is 2.85. The van der Waals surface area contributed by atoms with E-state index in [1.165, 1.54) is 13.2 Å². The van der Waals surface area contributed by atoms with Gasteiger partial charge in [-0.1, -0.05) is 18.2 Å². The van der Waals surface area contributed by atoms with Crippen LogP contribution in [0.5, 0.6) is 11.5 Å². The van der Waals surface area contributed by atoms with E-state index < -0.39 is 0 Å². The summed E-state index contributed by atoms with van der Waals surface area (Å²) >= 11 is 0. The Morgan fingerprint density at radius 2 is 2.09 bits per heavy atom. The summed E-state index contributed by atoms with van der Waals surface area (Å²) in [6.45, 7) is 0.492. The van der Waals surface area contributed by atoms with E-state index in [0.717, 1.165) is 16.5 Å². The molecule has 0 spiro atoms. The van der Waals surface area contributed by atoms with Gasteiger partial charge in [0.1, 0.15) is 11.5 Å². The van der Waals surface area contributed by atoms with Crippen molar-refractivity contribution in [2.45, 2.75) is 6.42 Å². The van der Waals surface area contributed by atoms with Crippen LogP contribution in [-0.2, 0) is 6.42 Å². The van der Waals surface area contributed by atoms with E-state index >= 15 is 0 Å². The molecule has 3 aromatic rings. The largest absolute Gasteiger partial charge is 0.507 e. The summed E-state index contributed by atoms with van der Waals surface area (Å²) in [4.78, 5) is 15.4. The quantitative estimate of drug-likeness (QED) is 0.678. The number of aromatic amines is 1. The Kier molecular flexibility index (Phi) is 4.19. The van der Waals surface area contributed by atoms with Crippen LogP contribution in [-0.4, -0.2) is 29.7 Å². The highest BCUT2D eigenvalue weighted by Gasteiger charge is 2.12. The van der Waals surface area contributed by atoms with Gasteiger partial charge in [0, 0.05) is 29.7 Å². The Balaban J connectivity index is 1.63. The molecule has 0 aliphatic carbocycles. The minimum absolute atomic E-state index is 0.0889. The number of phenolic OH excluding ortho intramolecular Hbond substituents is 1. The molecule has 3 rings (SSSR count). The number of benzene rings is 2. The minimum atomic E-state index is -0.301. The molecule has 2 aromatic carbocycles. The smallest absolute Gasteiger partial charge is 0.255 e. The second-order valence-electron chi connectivity index (χ2n) is 5.25. The van der Waals surface area contributed by atoms with Crippen LogP contribution in [0.1, 0.15) is 15.9 Å². The summed E-state index contributed by atoms with van der Waals surface area (Å²) in [5.41, 5.74) is 2.48. The van der Waals surface area contributed by atoms with E-state index in [4.69, 9.17) is 4.74 Å². The third kappa shape index (κ3) is 3.13. The number of para-hydroxylation sites is 1. The van der Waals surface area contributed by atoms with Crippen LogP contribution < -0.4 is 10.1 Å². The zero-order chi connectivity index (χ0) is 16.2. The lowest BCUT2D eigenvalue weighted by Crippen LogP contribution is -2.25. The molecule has 0 bridgehead atoms. The lowest BCUT2D eigenvalue weighted by atomic mass is 10.1. The molecule has 1 aromatic heterocycles. The highest BCUT2D eigenvalue weighted by molar-refractivity contribution is 5.97. The molecule has 118 valence electrons. The number of nitrogens with one attached hydrogen (secondary N) is 2. The number of amides is 1. The average molecular weight is 310 g/mol. The molecule has 0 saturated carbocycles. The summed E-state index contributed by atoms with van der Waals surface area (Å²) in [5.74, 6) is 0.122. The van der Waals surface area contributed by atoms with E-state index in [9.17, 15) is 9.90 Å². The van der Waals surface area contributed by atoms with E-state index in [1.54, 1.807) is 12.1 Å². The number of carbonyl (C=O) groups is 1. The number of hydrogen-bond donors (Lipinski definition) is 3. The maximum absolute atomic E-state index is 12.1. The fourth-order valence-electron chi connectivity index (χ4n) is 2.57. The highest BCUT2D eigenvalue weighted by Crippen LogP contribution is 2.23. The zero-order valence-corrected chi connectivity index (χ0v) is 12.8. The normalized spacial score (nSPS) is 10.7. The Hall–Kier alpha value is -2.95. The number of phenols is 1. The molecular weight excluding hydrogens is 292 g/mol. The van der Waals surface area contributed by atoms with Crippen LogP contribution in [0.4, 0.5) is 0 Å². The number of aromatic nitrogens is 1. The number of H-pyrrole nitrogens is 1. The van der Waals surface area contributed by atoms with E-state index in [2.05, 4.69) is 16.4 Å². The summed E-state index contributed by atoms with van der Waals surface area (Å²) in [6, 6.07) is 12.7. The fraction of sp³-hybridized carbons (Fsp3) is 0.167. The van der Waals surface area contributed by atoms with Gasteiger partial charge in [0.2, 0.25) is 0 Å². The first-order valence-electron chi connectivity index (χ1n) is 7.39. The van der Waals surface area contributed by atoms with Crippen molar-refractivity contribution >= 4 is 16.8 Å². The third-order valence-corrected chi connectivity index (χ3v) is 3.80. The van der Waals surface area contributed by atoms with Crippen LogP contribution >= 0.6 is 0 Å². The van der Waals surface area contributed by atoms with Crippen molar-refractivity contribution in [3.05, 3.63) is 59.8 Å². The van der Waals surface area contributed by atoms with Gasteiger partial charge in [-0.15, -0.1) is 0 Å². The number of aromatic hydroxyl groups is 1. The van der Waals surface area contributed by atoms with Crippen molar-refractivity contribution in [2.75, 3.05) is 13.7 Å². The molecule has 3 N–H and O–H groups in total. The molecule has 5 heteroatoms. The monoisotopic (exact) mass is 310 g/mol. The summed E-state index contributed by atoms with van der Waals surface area (Å²) in [7, 11) is 1.51. The third-order valence-electron chi connectivity index (χ3n) is 3.80. The Labute approximate surface area is 133 Å². The van der Waals surface area contributed by atoms with Gasteiger partial charge in [0.15, 0.2) is 0 Å². The fourth-order valence-corrected chi connectivity index (χ4v) is 2.57. The lowest BCUT2D eigenvalue weighted by molar-refractivity contribution is 0.0951. The van der Waals surface area contributed by atoms with Crippen molar-refractivity contribution < 1.29 is 14.6 Å². The van der Waals surface area contributed by atoms with Gasteiger partial charge < -0.3 is 20.1 Å². The number of ether oxygens (including phenoxy) is 1. The first-order valence-corrected chi connectivity index (χ1v) is 7.39. The second-order valence-corrected chi connectivity index (χ2v) is 5.25. The van der Waals surface area contributed by atoms with Gasteiger partial charge in [-0.2, -0.15) is 0 Å². The summed E-state index contributed by atoms with van der Waals surface area (Å²) in [5, 5.41) is 13.9. The number of hydrogen-bond acceptors (Lipinski definition) is 3. The molecule has 0 fully saturated rings. The number of methoxy groups -OCH3 is 1. The molecule has 0 saturated heterocycles. The lowest BCUT2D eigenvalue weighted by Gasteiger charge is -2.08. The molecule has 0 aliphatic heterocycles. The van der Waals surface area contributed by atoms with Crippen molar-refractivity contribution in [3.8, 4) is 11.5 Å². The first kappa shape index (κ1) is 15.0. The average Bonchev–Trinajstić information content (AvgIpc) is 2.98. The topological polar surface area (TPSA) is 74.3 Å². The number of rotatable bonds is 5. The maximum atomic E-state index is 12.1. The van der Waals surface area contributed by atoms with Crippen LogP contribution in [0.3, 0.4) is 0 Å². The Morgan fingerprint density at radius 3 is 2.87 bits per heavy atom. The number of carbonyl (C=O) groups excluding carboxylic acids is 1. The Morgan fingerprint density at radius 1 is 1.26 bits per heavy atom. The standard InChI is InChI=1S/C18H18N2O3/c1-23-13-6-7-15(17(21)10-13)18(22)19-9-8-12-11-20-16-5-3-2-4-14(12)16/h2-7,10-11,20-21H,8-9H2,1H3,(H,19,22). The van der Waals surface area contributed by atoms with Crippen molar-refractivity contribution in [1.29, 1.82) is 0 Å². The highest BCUT2D eigenvalue weighted by atomic mass is 16.5. The minimum Gasteiger partial charge on any atom is -0.507 e. The van der Waals surface area contributed by atoms with E-state index in [1.807, 2.05) is 24.4 Å². The van der Waals surface area contributed by atoms with Crippen LogP contribution in [0, 0.1) is 0 Å². The molecule has 1 amide bonds. The van der Waals surface area contributed by atoms with Gasteiger partial charge >= 0.3 is 0 Å². The van der Waals surface area contributed by atoms with Gasteiger partial charge in [-0.05, 0) is 30.2 Å². The maximum Gasteiger partial charge on any atom is 0.255 e. The molecule has 0 atom stereocenters. The molecule has 5 nitrogen and oxygen atoms in total. The molecule has 0 unspecified atom stereocenters. The van der Waals surface area contributed by atoms with Crippen molar-refractivity contribution in [3.63, 3.8) is 0 Å². The van der Waals surface area contributed by atoms with Gasteiger partial charge in [-0.25, -0.2) is 0 Å². The summed E-state index contributed by atoms with van der Waals surface area (Å²) in [6.07, 6.45) is 2.67. The molecule has 23 heavy (non-hydrogen) atoms. The van der Waals surface area contributed by atoms with Crippen LogP contribution in [0.2, 0.25) is 0 Å². The zero-order valence-electron chi connectivity index (χ0n) is 12.8. The van der Waals surface area contributed by atoms with Gasteiger partial charge in [0.05, 0.1) is 12.7 Å². The molecule has 0 aliphatic rings. The molecule has 0 radical (unpaired) electrons.